The van der Waals surface area contributed by atoms with E-state index in [-0.39, 0.29) is 5.91 Å². The van der Waals surface area contributed by atoms with Crippen molar-refractivity contribution in [3.05, 3.63) is 17.8 Å². The molecule has 1 fully saturated rings. The molecule has 0 bridgehead atoms. The normalized spacial score (nSPS) is 23.9. The molecule has 0 saturated heterocycles. The van der Waals surface area contributed by atoms with E-state index in [9.17, 15) is 4.79 Å². The molecule has 1 aromatic heterocycles. The Labute approximate surface area is 103 Å². The van der Waals surface area contributed by atoms with Crippen molar-refractivity contribution in [2.45, 2.75) is 24.6 Å². The third kappa shape index (κ3) is 2.29. The summed E-state index contributed by atoms with van der Waals surface area (Å²) in [5, 5.41) is 0. The number of amides is 1. The number of oxazole rings is 1. The fourth-order valence-electron chi connectivity index (χ4n) is 1.95. The van der Waals surface area contributed by atoms with E-state index in [1.54, 1.807) is 11.8 Å². The molecule has 0 aliphatic heterocycles. The van der Waals surface area contributed by atoms with Crippen LogP contribution in [0.2, 0.25) is 0 Å². The molecule has 88 valence electrons. The molecule has 1 aromatic rings. The zero-order valence-corrected chi connectivity index (χ0v) is 11.0. The third-order valence-electron chi connectivity index (χ3n) is 3.00. The number of aromatic nitrogens is 1. The van der Waals surface area contributed by atoms with Gasteiger partial charge in [-0.2, -0.15) is 0 Å². The second-order valence-corrected chi connectivity index (χ2v) is 5.68. The van der Waals surface area contributed by atoms with Gasteiger partial charge < -0.3 is 9.32 Å². The number of hydrogen-bond donors (Lipinski definition) is 0. The van der Waals surface area contributed by atoms with Crippen molar-refractivity contribution in [1.29, 1.82) is 0 Å². The number of nitrogens with zero attached hydrogens (tertiary/aromatic N) is 2. The van der Waals surface area contributed by atoms with Gasteiger partial charge in [0, 0.05) is 18.4 Å². The van der Waals surface area contributed by atoms with Gasteiger partial charge in [0.15, 0.2) is 6.39 Å². The van der Waals surface area contributed by atoms with Crippen molar-refractivity contribution in [2.75, 3.05) is 13.6 Å². The second kappa shape index (κ2) is 4.57. The molecule has 1 amide bonds. The van der Waals surface area contributed by atoms with E-state index in [4.69, 9.17) is 4.42 Å². The van der Waals surface area contributed by atoms with Crippen molar-refractivity contribution in [1.82, 2.24) is 9.88 Å². The number of hydrogen-bond acceptors (Lipinski definition) is 3. The third-order valence-corrected chi connectivity index (χ3v) is 3.74. The minimum atomic E-state index is -0.0759. The Kier molecular flexibility index (Phi) is 3.33. The molecule has 2 rings (SSSR count). The number of carbonyl (C=O) groups excluding carboxylic acids is 1. The van der Waals surface area contributed by atoms with Crippen molar-refractivity contribution >= 4 is 21.8 Å². The zero-order chi connectivity index (χ0) is 11.7. The first-order valence-electron chi connectivity index (χ1n) is 5.37. The maximum absolute atomic E-state index is 12.0. The summed E-state index contributed by atoms with van der Waals surface area (Å²) in [6.45, 7) is 2.57. The Morgan fingerprint density at radius 1 is 1.69 bits per heavy atom. The number of rotatable bonds is 3. The minimum Gasteiger partial charge on any atom is -0.438 e. The predicted octanol–water partition coefficient (Wildman–Crippen LogP) is 2.23. The van der Waals surface area contributed by atoms with Crippen LogP contribution in [-0.2, 0) is 0 Å². The van der Waals surface area contributed by atoms with Crippen molar-refractivity contribution in [3.8, 4) is 0 Å². The molecule has 1 aliphatic rings. The van der Waals surface area contributed by atoms with Gasteiger partial charge in [0.2, 0.25) is 5.76 Å². The van der Waals surface area contributed by atoms with E-state index < -0.39 is 0 Å². The highest BCUT2D eigenvalue weighted by Gasteiger charge is 2.29. The van der Waals surface area contributed by atoms with Crippen molar-refractivity contribution in [2.24, 2.45) is 5.92 Å². The van der Waals surface area contributed by atoms with Gasteiger partial charge in [-0.3, -0.25) is 4.79 Å². The van der Waals surface area contributed by atoms with Crippen LogP contribution in [0.15, 0.2) is 10.8 Å². The molecule has 0 radical (unpaired) electrons. The highest BCUT2D eigenvalue weighted by Crippen LogP contribution is 2.33. The Hall–Kier alpha value is -0.840. The highest BCUT2D eigenvalue weighted by atomic mass is 79.9. The smallest absolute Gasteiger partial charge is 0.291 e. The first-order chi connectivity index (χ1) is 7.58. The first kappa shape index (κ1) is 11.6. The summed E-state index contributed by atoms with van der Waals surface area (Å²) < 4.78 is 5.09. The van der Waals surface area contributed by atoms with E-state index in [1.165, 1.54) is 6.39 Å². The maximum atomic E-state index is 12.0. The standard InChI is InChI=1S/C11H15BrN2O2/c1-7-10(16-6-13-7)11(15)14(2)5-8-3-9(12)4-8/h6,8-9H,3-5H2,1-2H3. The summed E-state index contributed by atoms with van der Waals surface area (Å²) in [6.07, 6.45) is 3.61. The monoisotopic (exact) mass is 286 g/mol. The molecule has 0 N–H and O–H groups in total. The van der Waals surface area contributed by atoms with Crippen LogP contribution < -0.4 is 0 Å². The topological polar surface area (TPSA) is 46.3 Å². The Bertz CT molecular complexity index is 385. The molecule has 0 aromatic carbocycles. The van der Waals surface area contributed by atoms with E-state index in [0.717, 1.165) is 19.4 Å². The van der Waals surface area contributed by atoms with Crippen LogP contribution in [0, 0.1) is 12.8 Å². The summed E-state index contributed by atoms with van der Waals surface area (Å²) >= 11 is 3.55. The molecule has 5 heteroatoms. The van der Waals surface area contributed by atoms with Crippen LogP contribution in [0.5, 0.6) is 0 Å². The highest BCUT2D eigenvalue weighted by molar-refractivity contribution is 9.09. The van der Waals surface area contributed by atoms with E-state index in [1.807, 2.05) is 7.05 Å². The van der Waals surface area contributed by atoms with Gasteiger partial charge in [0.25, 0.3) is 5.91 Å². The average Bonchev–Trinajstić information content (AvgIpc) is 2.61. The minimum absolute atomic E-state index is 0.0759. The summed E-state index contributed by atoms with van der Waals surface area (Å²) in [5.74, 6) is 0.895. The molecular formula is C11H15BrN2O2. The van der Waals surface area contributed by atoms with Crippen LogP contribution in [0.25, 0.3) is 0 Å². The van der Waals surface area contributed by atoms with Crippen LogP contribution in [0.4, 0.5) is 0 Å². The first-order valence-corrected chi connectivity index (χ1v) is 6.29. The Morgan fingerprint density at radius 2 is 2.38 bits per heavy atom. The fourth-order valence-corrected chi connectivity index (χ4v) is 3.01. The fraction of sp³-hybridized carbons (Fsp3) is 0.636. The lowest BCUT2D eigenvalue weighted by Crippen LogP contribution is -2.37. The summed E-state index contributed by atoms with van der Waals surface area (Å²) in [5.41, 5.74) is 0.656. The molecule has 0 unspecified atom stereocenters. The van der Waals surface area contributed by atoms with E-state index >= 15 is 0 Å². The summed E-state index contributed by atoms with van der Waals surface area (Å²) in [4.78, 5) is 18.2. The van der Waals surface area contributed by atoms with Crippen LogP contribution in [-0.4, -0.2) is 34.2 Å². The van der Waals surface area contributed by atoms with Gasteiger partial charge in [-0.25, -0.2) is 4.98 Å². The van der Waals surface area contributed by atoms with Gasteiger partial charge in [-0.05, 0) is 25.7 Å². The molecule has 4 nitrogen and oxygen atoms in total. The predicted molar refractivity (Wildman–Crippen MR) is 63.6 cm³/mol. The second-order valence-electron chi connectivity index (χ2n) is 4.39. The quantitative estimate of drug-likeness (QED) is 0.801. The summed E-state index contributed by atoms with van der Waals surface area (Å²) in [7, 11) is 1.81. The number of halogens is 1. The van der Waals surface area contributed by atoms with Gasteiger partial charge in [0.05, 0.1) is 5.69 Å². The lowest BCUT2D eigenvalue weighted by Gasteiger charge is -2.34. The molecule has 1 aliphatic carbocycles. The molecule has 1 saturated carbocycles. The molecular weight excluding hydrogens is 272 g/mol. The van der Waals surface area contributed by atoms with Gasteiger partial charge >= 0.3 is 0 Å². The van der Waals surface area contributed by atoms with Gasteiger partial charge in [-0.1, -0.05) is 15.9 Å². The number of alkyl halides is 1. The maximum Gasteiger partial charge on any atom is 0.291 e. The molecule has 1 heterocycles. The average molecular weight is 287 g/mol. The van der Waals surface area contributed by atoms with Gasteiger partial charge in [-0.15, -0.1) is 0 Å². The number of aryl methyl sites for hydroxylation is 1. The number of carbonyl (C=O) groups is 1. The van der Waals surface area contributed by atoms with Crippen LogP contribution in [0.1, 0.15) is 29.1 Å². The van der Waals surface area contributed by atoms with Gasteiger partial charge in [0.1, 0.15) is 0 Å². The van der Waals surface area contributed by atoms with Crippen molar-refractivity contribution < 1.29 is 9.21 Å². The zero-order valence-electron chi connectivity index (χ0n) is 9.44. The Morgan fingerprint density at radius 3 is 2.88 bits per heavy atom. The van der Waals surface area contributed by atoms with E-state index in [0.29, 0.717) is 22.2 Å². The lowest BCUT2D eigenvalue weighted by atomic mass is 9.85. The summed E-state index contributed by atoms with van der Waals surface area (Å²) in [6, 6.07) is 0. The van der Waals surface area contributed by atoms with Crippen molar-refractivity contribution in [3.63, 3.8) is 0 Å². The Balaban J connectivity index is 1.92. The largest absolute Gasteiger partial charge is 0.438 e. The molecule has 0 spiro atoms. The van der Waals surface area contributed by atoms with E-state index in [2.05, 4.69) is 20.9 Å². The molecule has 16 heavy (non-hydrogen) atoms. The van der Waals surface area contributed by atoms with Crippen LogP contribution >= 0.6 is 15.9 Å². The van der Waals surface area contributed by atoms with Crippen LogP contribution in [0.3, 0.4) is 0 Å². The molecule has 0 atom stereocenters. The SMILES string of the molecule is Cc1ncoc1C(=O)N(C)CC1CC(Br)C1. The lowest BCUT2D eigenvalue weighted by molar-refractivity contribution is 0.0716.